The molecule has 0 spiro atoms. The number of aromatic nitrogens is 1. The lowest BCUT2D eigenvalue weighted by atomic mass is 10.0. The summed E-state index contributed by atoms with van der Waals surface area (Å²) in [5.41, 5.74) is 0.967. The Morgan fingerprint density at radius 1 is 1.19 bits per heavy atom. The molecule has 1 aromatic heterocycles. The van der Waals surface area contributed by atoms with Gasteiger partial charge in [-0.15, -0.1) is 0 Å². The Kier molecular flexibility index (Phi) is 5.04. The molecule has 0 fully saturated rings. The second-order valence-electron chi connectivity index (χ2n) is 5.85. The topological polar surface area (TPSA) is 46.3 Å². The molecule has 0 radical (unpaired) electrons. The molecule has 4 nitrogen and oxygen atoms in total. The van der Waals surface area contributed by atoms with Gasteiger partial charge in [-0.2, -0.15) is 0 Å². The van der Waals surface area contributed by atoms with Gasteiger partial charge < -0.3 is 9.42 Å². The molecule has 1 amide bonds. The molecule has 0 saturated carbocycles. The molecule has 0 atom stereocenters. The Morgan fingerprint density at radius 3 is 2.54 bits per heavy atom. The Bertz CT molecular complexity index is 934. The van der Waals surface area contributed by atoms with E-state index < -0.39 is 11.7 Å². The van der Waals surface area contributed by atoms with Gasteiger partial charge in [-0.05, 0) is 36.8 Å². The molecule has 134 valence electrons. The van der Waals surface area contributed by atoms with E-state index >= 15 is 0 Å². The smallest absolute Gasteiger partial charge is 0.259 e. The predicted octanol–water partition coefficient (Wildman–Crippen LogP) is 4.85. The van der Waals surface area contributed by atoms with E-state index in [1.165, 1.54) is 35.2 Å². The molecule has 0 aliphatic rings. The SMILES string of the molecule is Cc1onc(-c2c(F)cccc2Cl)c1C(=O)N(C)Cc1ccc(F)cc1. The zero-order chi connectivity index (χ0) is 18.8. The Hall–Kier alpha value is -2.73. The van der Waals surface area contributed by atoms with Crippen molar-refractivity contribution in [3.05, 3.63) is 76.0 Å². The van der Waals surface area contributed by atoms with Gasteiger partial charge in [0.2, 0.25) is 0 Å². The third-order valence-electron chi connectivity index (χ3n) is 3.96. The summed E-state index contributed by atoms with van der Waals surface area (Å²) in [6.45, 7) is 1.82. The van der Waals surface area contributed by atoms with Crippen LogP contribution in [0.3, 0.4) is 0 Å². The molecule has 0 aliphatic carbocycles. The molecule has 3 rings (SSSR count). The van der Waals surface area contributed by atoms with E-state index in [0.717, 1.165) is 5.56 Å². The summed E-state index contributed by atoms with van der Waals surface area (Å²) in [7, 11) is 1.59. The zero-order valence-corrected chi connectivity index (χ0v) is 14.8. The number of benzene rings is 2. The number of hydrogen-bond donors (Lipinski definition) is 0. The molecule has 3 aromatic rings. The first-order valence-electron chi connectivity index (χ1n) is 7.79. The molecule has 2 aromatic carbocycles. The van der Waals surface area contributed by atoms with Gasteiger partial charge in [-0.25, -0.2) is 8.78 Å². The van der Waals surface area contributed by atoms with E-state index in [-0.39, 0.29) is 40.0 Å². The Labute approximate surface area is 154 Å². The largest absolute Gasteiger partial charge is 0.360 e. The van der Waals surface area contributed by atoms with Crippen LogP contribution in [-0.2, 0) is 6.54 Å². The number of halogens is 3. The van der Waals surface area contributed by atoms with Crippen LogP contribution >= 0.6 is 11.6 Å². The van der Waals surface area contributed by atoms with Gasteiger partial charge in [0.25, 0.3) is 5.91 Å². The van der Waals surface area contributed by atoms with Crippen molar-refractivity contribution in [2.45, 2.75) is 13.5 Å². The molecule has 1 heterocycles. The predicted molar refractivity (Wildman–Crippen MR) is 93.8 cm³/mol. The lowest BCUT2D eigenvalue weighted by molar-refractivity contribution is 0.0784. The van der Waals surface area contributed by atoms with Crippen LogP contribution in [0.5, 0.6) is 0 Å². The summed E-state index contributed by atoms with van der Waals surface area (Å²) in [4.78, 5) is 14.3. The number of aryl methyl sites for hydroxylation is 1. The Balaban J connectivity index is 1.95. The number of hydrogen-bond acceptors (Lipinski definition) is 3. The molecule has 0 aliphatic heterocycles. The van der Waals surface area contributed by atoms with Gasteiger partial charge in [-0.1, -0.05) is 35.0 Å². The minimum Gasteiger partial charge on any atom is -0.360 e. The fourth-order valence-corrected chi connectivity index (χ4v) is 2.90. The van der Waals surface area contributed by atoms with Gasteiger partial charge >= 0.3 is 0 Å². The molecule has 0 bridgehead atoms. The fraction of sp³-hybridized carbons (Fsp3) is 0.158. The molecular formula is C19H15ClF2N2O2. The standard InChI is InChI=1S/C19H15ClF2N2O2/c1-11-16(18(23-26-11)17-14(20)4-3-5-15(17)22)19(25)24(2)10-12-6-8-13(21)9-7-12/h3-9H,10H2,1-2H3. The van der Waals surface area contributed by atoms with E-state index in [1.54, 1.807) is 26.1 Å². The van der Waals surface area contributed by atoms with Crippen molar-refractivity contribution in [3.8, 4) is 11.3 Å². The minimum atomic E-state index is -0.596. The van der Waals surface area contributed by atoms with Crippen molar-refractivity contribution in [1.82, 2.24) is 10.1 Å². The van der Waals surface area contributed by atoms with Crippen molar-refractivity contribution in [2.24, 2.45) is 0 Å². The number of carbonyl (C=O) groups is 1. The molecule has 26 heavy (non-hydrogen) atoms. The van der Waals surface area contributed by atoms with Crippen molar-refractivity contribution in [3.63, 3.8) is 0 Å². The second kappa shape index (κ2) is 7.25. The van der Waals surface area contributed by atoms with Crippen LogP contribution in [-0.4, -0.2) is 23.0 Å². The first-order valence-corrected chi connectivity index (χ1v) is 8.17. The highest BCUT2D eigenvalue weighted by atomic mass is 35.5. The molecule has 0 saturated heterocycles. The third-order valence-corrected chi connectivity index (χ3v) is 4.27. The van der Waals surface area contributed by atoms with E-state index in [9.17, 15) is 13.6 Å². The number of carbonyl (C=O) groups excluding carboxylic acids is 1. The van der Waals surface area contributed by atoms with Crippen molar-refractivity contribution in [2.75, 3.05) is 7.05 Å². The number of rotatable bonds is 4. The summed E-state index contributed by atoms with van der Waals surface area (Å²) in [5, 5.41) is 3.97. The average Bonchev–Trinajstić information content (AvgIpc) is 2.97. The van der Waals surface area contributed by atoms with Crippen molar-refractivity contribution >= 4 is 17.5 Å². The average molecular weight is 377 g/mol. The molecular weight excluding hydrogens is 362 g/mol. The quantitative estimate of drug-likeness (QED) is 0.653. The summed E-state index contributed by atoms with van der Waals surface area (Å²) in [6.07, 6.45) is 0. The number of amides is 1. The number of nitrogens with zero attached hydrogens (tertiary/aromatic N) is 2. The van der Waals surface area contributed by atoms with Crippen molar-refractivity contribution < 1.29 is 18.1 Å². The normalized spacial score (nSPS) is 10.8. The Morgan fingerprint density at radius 2 is 1.88 bits per heavy atom. The van der Waals surface area contributed by atoms with E-state index in [0.29, 0.717) is 0 Å². The van der Waals surface area contributed by atoms with E-state index in [4.69, 9.17) is 16.1 Å². The van der Waals surface area contributed by atoms with Crippen LogP contribution in [0.1, 0.15) is 21.7 Å². The van der Waals surface area contributed by atoms with E-state index in [1.807, 2.05) is 0 Å². The van der Waals surface area contributed by atoms with Gasteiger partial charge in [0.1, 0.15) is 28.7 Å². The molecule has 7 heteroatoms. The highest BCUT2D eigenvalue weighted by Gasteiger charge is 2.27. The zero-order valence-electron chi connectivity index (χ0n) is 14.1. The second-order valence-corrected chi connectivity index (χ2v) is 6.25. The first kappa shape index (κ1) is 18.1. The van der Waals surface area contributed by atoms with Crippen LogP contribution in [0, 0.1) is 18.6 Å². The molecule has 0 N–H and O–H groups in total. The summed E-state index contributed by atoms with van der Waals surface area (Å²) in [5.74, 6) is -1.09. The van der Waals surface area contributed by atoms with Gasteiger partial charge in [0.15, 0.2) is 0 Å². The maximum atomic E-state index is 14.2. The van der Waals surface area contributed by atoms with Gasteiger partial charge in [0.05, 0.1) is 10.6 Å². The minimum absolute atomic E-state index is 0.0181. The lowest BCUT2D eigenvalue weighted by Gasteiger charge is -2.17. The molecule has 0 unspecified atom stereocenters. The third kappa shape index (κ3) is 3.46. The summed E-state index contributed by atoms with van der Waals surface area (Å²) >= 11 is 6.09. The van der Waals surface area contributed by atoms with Crippen LogP contribution in [0.15, 0.2) is 47.0 Å². The van der Waals surface area contributed by atoms with Gasteiger partial charge in [-0.3, -0.25) is 4.79 Å². The van der Waals surface area contributed by atoms with Gasteiger partial charge in [0, 0.05) is 13.6 Å². The maximum Gasteiger partial charge on any atom is 0.259 e. The maximum absolute atomic E-state index is 14.2. The van der Waals surface area contributed by atoms with Crippen LogP contribution < -0.4 is 0 Å². The van der Waals surface area contributed by atoms with Crippen LogP contribution in [0.2, 0.25) is 5.02 Å². The summed E-state index contributed by atoms with van der Waals surface area (Å²) < 4.78 is 32.4. The monoisotopic (exact) mass is 376 g/mol. The lowest BCUT2D eigenvalue weighted by Crippen LogP contribution is -2.27. The highest BCUT2D eigenvalue weighted by molar-refractivity contribution is 6.33. The van der Waals surface area contributed by atoms with Crippen LogP contribution in [0.25, 0.3) is 11.3 Å². The summed E-state index contributed by atoms with van der Waals surface area (Å²) in [6, 6.07) is 10.0. The first-order chi connectivity index (χ1) is 12.4. The van der Waals surface area contributed by atoms with Crippen LogP contribution in [0.4, 0.5) is 8.78 Å². The van der Waals surface area contributed by atoms with Crippen molar-refractivity contribution in [1.29, 1.82) is 0 Å². The fourth-order valence-electron chi connectivity index (χ4n) is 2.65. The van der Waals surface area contributed by atoms with E-state index in [2.05, 4.69) is 5.16 Å². The highest BCUT2D eigenvalue weighted by Crippen LogP contribution is 2.34.